The Hall–Kier alpha value is -1.65. The van der Waals surface area contributed by atoms with Crippen molar-refractivity contribution in [1.29, 1.82) is 0 Å². The highest BCUT2D eigenvalue weighted by molar-refractivity contribution is 5.79. The van der Waals surface area contributed by atoms with Crippen molar-refractivity contribution < 1.29 is 4.79 Å². The zero-order chi connectivity index (χ0) is 15.5. The maximum absolute atomic E-state index is 12.7. The Morgan fingerprint density at radius 1 is 1.09 bits per heavy atom. The number of aromatic nitrogens is 2. The Kier molecular flexibility index (Phi) is 4.60. The minimum Gasteiger partial charge on any atom is -0.356 e. The number of carbonyl (C=O) groups excluding carboxylic acids is 1. The molecule has 0 aromatic carbocycles. The molecule has 2 aliphatic rings. The van der Waals surface area contributed by atoms with E-state index in [1.165, 1.54) is 6.42 Å². The number of hydrogen-bond donors (Lipinski definition) is 0. The van der Waals surface area contributed by atoms with Crippen LogP contribution < -0.4 is 4.90 Å². The van der Waals surface area contributed by atoms with Gasteiger partial charge in [-0.2, -0.15) is 0 Å². The molecule has 1 aromatic rings. The van der Waals surface area contributed by atoms with Crippen LogP contribution in [0.5, 0.6) is 0 Å². The molecule has 2 fully saturated rings. The molecule has 0 aliphatic carbocycles. The zero-order valence-corrected chi connectivity index (χ0v) is 13.7. The summed E-state index contributed by atoms with van der Waals surface area (Å²) in [6, 6.07) is 2.03. The number of aryl methyl sites for hydroxylation is 2. The number of rotatable bonds is 2. The van der Waals surface area contributed by atoms with Gasteiger partial charge < -0.3 is 9.80 Å². The largest absolute Gasteiger partial charge is 0.356 e. The van der Waals surface area contributed by atoms with E-state index in [0.29, 0.717) is 5.91 Å². The molecular formula is C17H26N4O. The van der Waals surface area contributed by atoms with Crippen LogP contribution in [0.4, 0.5) is 5.82 Å². The fraction of sp³-hybridized carbons (Fsp3) is 0.706. The smallest absolute Gasteiger partial charge is 0.227 e. The van der Waals surface area contributed by atoms with E-state index in [4.69, 9.17) is 0 Å². The third kappa shape index (κ3) is 3.39. The van der Waals surface area contributed by atoms with Crippen LogP contribution in [0.3, 0.4) is 0 Å². The summed E-state index contributed by atoms with van der Waals surface area (Å²) < 4.78 is 0. The number of hydrogen-bond acceptors (Lipinski definition) is 4. The number of piperidine rings is 2. The van der Waals surface area contributed by atoms with Crippen LogP contribution in [0.25, 0.3) is 0 Å². The minimum absolute atomic E-state index is 0.127. The summed E-state index contributed by atoms with van der Waals surface area (Å²) in [7, 11) is 0. The van der Waals surface area contributed by atoms with Crippen LogP contribution >= 0.6 is 0 Å². The zero-order valence-electron chi connectivity index (χ0n) is 13.7. The van der Waals surface area contributed by atoms with Gasteiger partial charge in [0.2, 0.25) is 5.91 Å². The van der Waals surface area contributed by atoms with Crippen molar-refractivity contribution >= 4 is 11.7 Å². The summed E-state index contributed by atoms with van der Waals surface area (Å²) >= 11 is 0. The van der Waals surface area contributed by atoms with Gasteiger partial charge in [-0.3, -0.25) is 4.79 Å². The summed E-state index contributed by atoms with van der Waals surface area (Å²) in [5.41, 5.74) is 0.993. The van der Waals surface area contributed by atoms with E-state index in [9.17, 15) is 4.79 Å². The van der Waals surface area contributed by atoms with Crippen molar-refractivity contribution in [3.63, 3.8) is 0 Å². The molecule has 5 heteroatoms. The Labute approximate surface area is 132 Å². The molecule has 0 spiro atoms. The number of nitrogens with zero attached hydrogens (tertiary/aromatic N) is 4. The lowest BCUT2D eigenvalue weighted by Gasteiger charge is -2.36. The standard InChI is InChI=1S/C17H26N4O/c1-13-11-16(19-14(2)18-13)21-10-6-7-15(12-21)17(22)20-8-4-3-5-9-20/h11,15H,3-10,12H2,1-2H3. The summed E-state index contributed by atoms with van der Waals surface area (Å²) in [5, 5.41) is 0. The van der Waals surface area contributed by atoms with Crippen molar-refractivity contribution in [1.82, 2.24) is 14.9 Å². The van der Waals surface area contributed by atoms with Gasteiger partial charge in [0.15, 0.2) is 0 Å². The predicted octanol–water partition coefficient (Wildman–Crippen LogP) is 2.32. The topological polar surface area (TPSA) is 49.3 Å². The second kappa shape index (κ2) is 6.63. The first kappa shape index (κ1) is 15.3. The molecule has 1 unspecified atom stereocenters. The molecule has 2 saturated heterocycles. The lowest BCUT2D eigenvalue weighted by atomic mass is 9.95. The van der Waals surface area contributed by atoms with Crippen LogP contribution in [0.15, 0.2) is 6.07 Å². The fourth-order valence-corrected chi connectivity index (χ4v) is 3.62. The van der Waals surface area contributed by atoms with Gasteiger partial charge in [0.05, 0.1) is 5.92 Å². The molecule has 0 saturated carbocycles. The molecule has 2 aliphatic heterocycles. The summed E-state index contributed by atoms with van der Waals surface area (Å²) in [4.78, 5) is 26.0. The molecule has 1 atom stereocenters. The van der Waals surface area contributed by atoms with E-state index in [-0.39, 0.29) is 5.92 Å². The summed E-state index contributed by atoms with van der Waals surface area (Å²) in [5.74, 6) is 2.26. The van der Waals surface area contributed by atoms with Gasteiger partial charge in [-0.05, 0) is 46.0 Å². The average Bonchev–Trinajstić information content (AvgIpc) is 2.54. The number of carbonyl (C=O) groups is 1. The first-order valence-corrected chi connectivity index (χ1v) is 8.49. The van der Waals surface area contributed by atoms with Gasteiger partial charge >= 0.3 is 0 Å². The Morgan fingerprint density at radius 2 is 1.86 bits per heavy atom. The van der Waals surface area contributed by atoms with Crippen LogP contribution in [-0.2, 0) is 4.79 Å². The van der Waals surface area contributed by atoms with E-state index < -0.39 is 0 Å². The van der Waals surface area contributed by atoms with E-state index in [2.05, 4.69) is 19.8 Å². The SMILES string of the molecule is Cc1cc(N2CCCC(C(=O)N3CCCCC3)C2)nc(C)n1. The van der Waals surface area contributed by atoms with Crippen molar-refractivity contribution in [3.05, 3.63) is 17.6 Å². The lowest BCUT2D eigenvalue weighted by Crippen LogP contribution is -2.46. The van der Waals surface area contributed by atoms with Gasteiger partial charge in [-0.1, -0.05) is 0 Å². The maximum Gasteiger partial charge on any atom is 0.227 e. The highest BCUT2D eigenvalue weighted by Crippen LogP contribution is 2.24. The quantitative estimate of drug-likeness (QED) is 0.841. The second-order valence-corrected chi connectivity index (χ2v) is 6.59. The van der Waals surface area contributed by atoms with Gasteiger partial charge in [0.25, 0.3) is 0 Å². The molecule has 5 nitrogen and oxygen atoms in total. The predicted molar refractivity (Wildman–Crippen MR) is 86.9 cm³/mol. The third-order valence-corrected chi connectivity index (χ3v) is 4.71. The van der Waals surface area contributed by atoms with E-state index >= 15 is 0 Å². The Balaban J connectivity index is 1.69. The number of likely N-dealkylation sites (tertiary alicyclic amines) is 1. The average molecular weight is 302 g/mol. The van der Waals surface area contributed by atoms with Crippen LogP contribution in [-0.4, -0.2) is 47.0 Å². The molecule has 3 heterocycles. The van der Waals surface area contributed by atoms with E-state index in [1.54, 1.807) is 0 Å². The number of amides is 1. The summed E-state index contributed by atoms with van der Waals surface area (Å²) in [6.45, 7) is 7.60. The molecule has 22 heavy (non-hydrogen) atoms. The van der Waals surface area contributed by atoms with Crippen molar-refractivity contribution in [2.75, 3.05) is 31.1 Å². The molecule has 3 rings (SSSR count). The molecule has 0 radical (unpaired) electrons. The first-order valence-electron chi connectivity index (χ1n) is 8.49. The Bertz CT molecular complexity index is 519. The molecular weight excluding hydrogens is 276 g/mol. The van der Waals surface area contributed by atoms with Gasteiger partial charge in [0.1, 0.15) is 11.6 Å². The minimum atomic E-state index is 0.127. The van der Waals surface area contributed by atoms with Crippen LogP contribution in [0, 0.1) is 19.8 Å². The maximum atomic E-state index is 12.7. The number of anilines is 1. The first-order chi connectivity index (χ1) is 10.6. The lowest BCUT2D eigenvalue weighted by molar-refractivity contribution is -0.136. The molecule has 120 valence electrons. The molecule has 0 N–H and O–H groups in total. The van der Waals surface area contributed by atoms with E-state index in [1.807, 2.05) is 19.9 Å². The van der Waals surface area contributed by atoms with Crippen molar-refractivity contribution in [2.24, 2.45) is 5.92 Å². The normalized spacial score (nSPS) is 22.7. The van der Waals surface area contributed by atoms with Gasteiger partial charge in [-0.25, -0.2) is 9.97 Å². The highest BCUT2D eigenvalue weighted by Gasteiger charge is 2.30. The van der Waals surface area contributed by atoms with Crippen molar-refractivity contribution in [3.8, 4) is 0 Å². The van der Waals surface area contributed by atoms with Crippen LogP contribution in [0.1, 0.15) is 43.6 Å². The third-order valence-electron chi connectivity index (χ3n) is 4.71. The second-order valence-electron chi connectivity index (χ2n) is 6.59. The van der Waals surface area contributed by atoms with E-state index in [0.717, 1.165) is 69.2 Å². The van der Waals surface area contributed by atoms with Gasteiger partial charge in [0, 0.05) is 37.9 Å². The van der Waals surface area contributed by atoms with Gasteiger partial charge in [-0.15, -0.1) is 0 Å². The molecule has 0 bridgehead atoms. The molecule has 1 amide bonds. The summed E-state index contributed by atoms with van der Waals surface area (Å²) in [6.07, 6.45) is 5.65. The van der Waals surface area contributed by atoms with Crippen LogP contribution in [0.2, 0.25) is 0 Å². The fourth-order valence-electron chi connectivity index (χ4n) is 3.62. The molecule has 1 aromatic heterocycles. The highest BCUT2D eigenvalue weighted by atomic mass is 16.2. The Morgan fingerprint density at radius 3 is 2.59 bits per heavy atom. The van der Waals surface area contributed by atoms with Crippen molar-refractivity contribution in [2.45, 2.75) is 46.0 Å². The monoisotopic (exact) mass is 302 g/mol.